The van der Waals surface area contributed by atoms with E-state index in [4.69, 9.17) is 15.2 Å². The van der Waals surface area contributed by atoms with Crippen LogP contribution in [0.4, 0.5) is 5.82 Å². The van der Waals surface area contributed by atoms with Crippen LogP contribution in [0.5, 0.6) is 5.75 Å². The van der Waals surface area contributed by atoms with E-state index in [1.807, 2.05) is 24.3 Å². The number of nitrogens with two attached hydrogens (primary N) is 1. The number of benzene rings is 1. The third kappa shape index (κ3) is 9.63. The minimum atomic E-state index is -1.08. The summed E-state index contributed by atoms with van der Waals surface area (Å²) in [7, 11) is 0. The van der Waals surface area contributed by atoms with Gasteiger partial charge >= 0.3 is 11.7 Å². The van der Waals surface area contributed by atoms with Gasteiger partial charge in [-0.05, 0) is 64.2 Å². The van der Waals surface area contributed by atoms with Gasteiger partial charge in [-0.25, -0.2) is 14.3 Å². The Hall–Kier alpha value is -3.14. The Balaban J connectivity index is 1.94. The zero-order chi connectivity index (χ0) is 28.0. The zero-order valence-electron chi connectivity index (χ0n) is 23.5. The fraction of sp³-hybridized carbons (Fsp3) is 0.643. The van der Waals surface area contributed by atoms with Gasteiger partial charge in [0.05, 0.1) is 13.2 Å². The number of esters is 1. The first-order valence-corrected chi connectivity index (χ1v) is 13.8. The molecule has 0 bridgehead atoms. The Kier molecular flexibility index (Phi) is 13.1. The van der Waals surface area contributed by atoms with Gasteiger partial charge in [0.25, 0.3) is 5.56 Å². The van der Waals surface area contributed by atoms with Crippen LogP contribution < -0.4 is 27.0 Å². The molecule has 10 heteroatoms. The van der Waals surface area contributed by atoms with E-state index < -0.39 is 17.3 Å². The molecular weight excluding hydrogens is 486 g/mol. The lowest BCUT2D eigenvalue weighted by Crippen LogP contribution is -2.43. The Bertz CT molecular complexity index is 1130. The fourth-order valence-corrected chi connectivity index (χ4v) is 4.08. The summed E-state index contributed by atoms with van der Waals surface area (Å²) in [4.78, 5) is 37.8. The third-order valence-electron chi connectivity index (χ3n) is 6.17. The number of rotatable bonds is 18. The number of hydrogen-bond donors (Lipinski definition) is 2. The number of carbonyl (C=O) groups is 1. The van der Waals surface area contributed by atoms with Gasteiger partial charge in [0.15, 0.2) is 5.60 Å². The molecule has 0 aliphatic heterocycles. The highest BCUT2D eigenvalue weighted by molar-refractivity contribution is 5.79. The Labute approximate surface area is 225 Å². The van der Waals surface area contributed by atoms with Crippen molar-refractivity contribution in [1.82, 2.24) is 14.3 Å². The summed E-state index contributed by atoms with van der Waals surface area (Å²) in [6, 6.07) is 7.67. The summed E-state index contributed by atoms with van der Waals surface area (Å²) in [6.45, 7) is 9.05. The number of nitrogens with zero attached hydrogens (tertiary/aromatic N) is 3. The number of unbranched alkanes of at least 4 members (excludes halogenated alkanes) is 5. The van der Waals surface area contributed by atoms with Gasteiger partial charge in [-0.1, -0.05) is 44.7 Å². The molecule has 0 atom stereocenters. The number of nitrogens with one attached hydrogen (secondary N) is 1. The minimum Gasteiger partial charge on any atom is -0.476 e. The van der Waals surface area contributed by atoms with Crippen LogP contribution in [0, 0.1) is 0 Å². The number of aromatic nitrogens is 3. The predicted molar refractivity (Wildman–Crippen MR) is 150 cm³/mol. The molecule has 2 rings (SSSR count). The normalized spacial score (nSPS) is 11.4. The van der Waals surface area contributed by atoms with Crippen molar-refractivity contribution in [1.29, 1.82) is 0 Å². The molecular formula is C28H45N5O5. The molecule has 0 fully saturated rings. The van der Waals surface area contributed by atoms with Gasteiger partial charge in [0, 0.05) is 19.6 Å². The van der Waals surface area contributed by atoms with E-state index in [0.717, 1.165) is 56.9 Å². The molecule has 1 heterocycles. The summed E-state index contributed by atoms with van der Waals surface area (Å²) in [5.74, 6) is 0.391. The van der Waals surface area contributed by atoms with Crippen LogP contribution in [0.15, 0.2) is 33.9 Å². The highest BCUT2D eigenvalue weighted by Gasteiger charge is 2.31. The quantitative estimate of drug-likeness (QED) is 0.221. The third-order valence-corrected chi connectivity index (χ3v) is 6.17. The molecule has 0 spiro atoms. The topological polar surface area (TPSA) is 130 Å². The van der Waals surface area contributed by atoms with E-state index in [-0.39, 0.29) is 24.5 Å². The molecule has 0 saturated carbocycles. The van der Waals surface area contributed by atoms with E-state index in [2.05, 4.69) is 17.3 Å². The number of aryl methyl sites for hydroxylation is 1. The average Bonchev–Trinajstić information content (AvgIpc) is 2.88. The molecule has 0 radical (unpaired) electrons. The van der Waals surface area contributed by atoms with Crippen molar-refractivity contribution < 1.29 is 14.3 Å². The van der Waals surface area contributed by atoms with Crippen molar-refractivity contribution >= 4 is 11.8 Å². The SMILES string of the molecule is CCCCCCCn1c(=O)c(NCCCCc2cccc(OC(C)(C)C(=O)OCC)c2)nn(CCN)c1=O. The molecule has 10 nitrogen and oxygen atoms in total. The van der Waals surface area contributed by atoms with Crippen LogP contribution in [0.1, 0.15) is 78.2 Å². The van der Waals surface area contributed by atoms with Gasteiger partial charge in [0.2, 0.25) is 5.82 Å². The van der Waals surface area contributed by atoms with E-state index >= 15 is 0 Å². The Morgan fingerprint density at radius 2 is 1.82 bits per heavy atom. The van der Waals surface area contributed by atoms with Gasteiger partial charge < -0.3 is 20.5 Å². The van der Waals surface area contributed by atoms with Crippen molar-refractivity contribution in [3.63, 3.8) is 0 Å². The Morgan fingerprint density at radius 3 is 2.53 bits per heavy atom. The molecule has 0 unspecified atom stereocenters. The summed E-state index contributed by atoms with van der Waals surface area (Å²) in [6.07, 6.45) is 7.61. The lowest BCUT2D eigenvalue weighted by molar-refractivity contribution is -0.158. The lowest BCUT2D eigenvalue weighted by Gasteiger charge is -2.24. The largest absolute Gasteiger partial charge is 0.476 e. The van der Waals surface area contributed by atoms with Crippen LogP contribution in [-0.2, 0) is 29.0 Å². The first-order valence-electron chi connectivity index (χ1n) is 13.8. The lowest BCUT2D eigenvalue weighted by atomic mass is 10.1. The van der Waals surface area contributed by atoms with Crippen molar-refractivity contribution in [3.8, 4) is 5.75 Å². The molecule has 0 aliphatic carbocycles. The fourth-order valence-electron chi connectivity index (χ4n) is 4.08. The zero-order valence-corrected chi connectivity index (χ0v) is 23.5. The van der Waals surface area contributed by atoms with Crippen molar-refractivity contribution in [2.45, 2.75) is 97.8 Å². The summed E-state index contributed by atoms with van der Waals surface area (Å²) in [5.41, 5.74) is 4.87. The molecule has 0 amide bonds. The molecule has 2 aromatic rings. The van der Waals surface area contributed by atoms with Gasteiger partial charge in [-0.15, -0.1) is 5.10 Å². The second kappa shape index (κ2) is 16.0. The first kappa shape index (κ1) is 31.1. The van der Waals surface area contributed by atoms with Crippen LogP contribution in [0.3, 0.4) is 0 Å². The summed E-state index contributed by atoms with van der Waals surface area (Å²) >= 11 is 0. The maximum atomic E-state index is 12.9. The highest BCUT2D eigenvalue weighted by atomic mass is 16.6. The van der Waals surface area contributed by atoms with Crippen LogP contribution in [0.2, 0.25) is 0 Å². The maximum Gasteiger partial charge on any atom is 0.349 e. The standard InChI is InChI=1S/C28H45N5O5/c1-5-7-8-9-12-19-32-25(34)24(31-33(20-17-29)27(32)36)30-18-11-10-14-22-15-13-16-23(21-22)38-28(3,4)26(35)37-6-2/h13,15-16,21H,5-12,14,17-20,29H2,1-4H3,(H,30,31). The monoisotopic (exact) mass is 531 g/mol. The number of anilines is 1. The van der Waals surface area contributed by atoms with Crippen molar-refractivity contribution in [3.05, 3.63) is 50.7 Å². The summed E-state index contributed by atoms with van der Waals surface area (Å²) < 4.78 is 13.5. The highest BCUT2D eigenvalue weighted by Crippen LogP contribution is 2.21. The van der Waals surface area contributed by atoms with Crippen molar-refractivity contribution in [2.24, 2.45) is 5.73 Å². The molecule has 0 aliphatic rings. The van der Waals surface area contributed by atoms with Crippen LogP contribution >= 0.6 is 0 Å². The molecule has 0 saturated heterocycles. The number of carbonyl (C=O) groups excluding carboxylic acids is 1. The Morgan fingerprint density at radius 1 is 1.05 bits per heavy atom. The van der Waals surface area contributed by atoms with Crippen LogP contribution in [-0.4, -0.2) is 45.6 Å². The number of hydrogen-bond acceptors (Lipinski definition) is 8. The van der Waals surface area contributed by atoms with Crippen molar-refractivity contribution in [2.75, 3.05) is 25.0 Å². The van der Waals surface area contributed by atoms with E-state index in [1.54, 1.807) is 20.8 Å². The first-order chi connectivity index (χ1) is 18.2. The minimum absolute atomic E-state index is 0.184. The maximum absolute atomic E-state index is 12.9. The second-order valence-electron chi connectivity index (χ2n) is 9.88. The predicted octanol–water partition coefficient (Wildman–Crippen LogP) is 3.49. The van der Waals surface area contributed by atoms with Gasteiger partial charge in [-0.3, -0.25) is 9.36 Å². The molecule has 212 valence electrons. The van der Waals surface area contributed by atoms with Gasteiger partial charge in [0.1, 0.15) is 5.75 Å². The molecule has 3 N–H and O–H groups in total. The van der Waals surface area contributed by atoms with E-state index in [0.29, 0.717) is 25.4 Å². The van der Waals surface area contributed by atoms with E-state index in [1.165, 1.54) is 9.25 Å². The number of ether oxygens (including phenoxy) is 2. The van der Waals surface area contributed by atoms with Crippen LogP contribution in [0.25, 0.3) is 0 Å². The smallest absolute Gasteiger partial charge is 0.349 e. The van der Waals surface area contributed by atoms with E-state index in [9.17, 15) is 14.4 Å². The second-order valence-corrected chi connectivity index (χ2v) is 9.88. The molecule has 38 heavy (non-hydrogen) atoms. The summed E-state index contributed by atoms with van der Waals surface area (Å²) in [5, 5.41) is 7.36. The average molecular weight is 532 g/mol. The van der Waals surface area contributed by atoms with Gasteiger partial charge in [-0.2, -0.15) is 0 Å². The molecule has 1 aromatic heterocycles. The molecule has 1 aromatic carbocycles.